The maximum atomic E-state index is 11.4. The summed E-state index contributed by atoms with van der Waals surface area (Å²) in [6.07, 6.45) is 2.82. The lowest BCUT2D eigenvalue weighted by atomic mass is 10.2. The fourth-order valence-electron chi connectivity index (χ4n) is 1.55. The minimum Gasteiger partial charge on any atom is -0.491 e. The molecule has 0 saturated carbocycles. The van der Waals surface area contributed by atoms with E-state index in [4.69, 9.17) is 26.8 Å². The lowest BCUT2D eigenvalue weighted by Gasteiger charge is -2.11. The van der Waals surface area contributed by atoms with Crippen molar-refractivity contribution >= 4 is 29.5 Å². The van der Waals surface area contributed by atoms with Gasteiger partial charge in [0, 0.05) is 6.08 Å². The number of halogens is 1. The van der Waals surface area contributed by atoms with E-state index in [9.17, 15) is 9.59 Å². The SMILES string of the molecule is CCOc1cc(/C=C/C(=O)NCC(N)=O)cc(Cl)c1OC. The second-order valence-corrected chi connectivity index (χ2v) is 4.39. The Hall–Kier alpha value is -2.21. The van der Waals surface area contributed by atoms with Crippen molar-refractivity contribution in [1.29, 1.82) is 0 Å². The summed E-state index contributed by atoms with van der Waals surface area (Å²) in [6.45, 7) is 2.09. The van der Waals surface area contributed by atoms with Crippen molar-refractivity contribution in [2.75, 3.05) is 20.3 Å². The van der Waals surface area contributed by atoms with Crippen molar-refractivity contribution in [1.82, 2.24) is 5.32 Å². The van der Waals surface area contributed by atoms with Crippen molar-refractivity contribution in [3.8, 4) is 11.5 Å². The number of nitrogens with two attached hydrogens (primary N) is 1. The molecule has 0 aromatic heterocycles. The van der Waals surface area contributed by atoms with Crippen molar-refractivity contribution in [3.63, 3.8) is 0 Å². The number of carbonyl (C=O) groups is 2. The fourth-order valence-corrected chi connectivity index (χ4v) is 1.85. The molecule has 114 valence electrons. The zero-order chi connectivity index (χ0) is 15.8. The molecule has 0 spiro atoms. The maximum Gasteiger partial charge on any atom is 0.244 e. The highest BCUT2D eigenvalue weighted by Gasteiger charge is 2.10. The lowest BCUT2D eigenvalue weighted by Crippen LogP contribution is -2.32. The molecule has 0 aliphatic heterocycles. The molecule has 0 fully saturated rings. The number of benzene rings is 1. The van der Waals surface area contributed by atoms with Crippen LogP contribution in [0.15, 0.2) is 18.2 Å². The number of rotatable bonds is 7. The van der Waals surface area contributed by atoms with Crippen molar-refractivity contribution in [2.45, 2.75) is 6.92 Å². The number of hydrogen-bond donors (Lipinski definition) is 2. The first-order valence-corrected chi connectivity index (χ1v) is 6.60. The van der Waals surface area contributed by atoms with Gasteiger partial charge in [0.2, 0.25) is 11.8 Å². The van der Waals surface area contributed by atoms with Gasteiger partial charge in [-0.3, -0.25) is 9.59 Å². The molecule has 2 amide bonds. The van der Waals surface area contributed by atoms with Crippen LogP contribution >= 0.6 is 11.6 Å². The van der Waals surface area contributed by atoms with Crippen molar-refractivity contribution in [3.05, 3.63) is 28.8 Å². The van der Waals surface area contributed by atoms with E-state index in [1.165, 1.54) is 13.2 Å². The minimum atomic E-state index is -0.608. The van der Waals surface area contributed by atoms with Crippen LogP contribution in [0, 0.1) is 0 Å². The average Bonchev–Trinajstić information content (AvgIpc) is 2.43. The summed E-state index contributed by atoms with van der Waals surface area (Å²) in [5, 5.41) is 2.72. The minimum absolute atomic E-state index is 0.212. The Kier molecular flexibility index (Phi) is 6.55. The molecule has 0 unspecified atom stereocenters. The molecule has 21 heavy (non-hydrogen) atoms. The number of methoxy groups -OCH3 is 1. The van der Waals surface area contributed by atoms with E-state index < -0.39 is 11.8 Å². The largest absolute Gasteiger partial charge is 0.491 e. The number of hydrogen-bond acceptors (Lipinski definition) is 4. The van der Waals surface area contributed by atoms with E-state index in [0.717, 1.165) is 0 Å². The Morgan fingerprint density at radius 1 is 1.43 bits per heavy atom. The zero-order valence-corrected chi connectivity index (χ0v) is 12.6. The normalized spacial score (nSPS) is 10.4. The summed E-state index contributed by atoms with van der Waals surface area (Å²) >= 11 is 6.09. The Morgan fingerprint density at radius 2 is 2.14 bits per heavy atom. The predicted octanol–water partition coefficient (Wildman–Crippen LogP) is 1.36. The van der Waals surface area contributed by atoms with E-state index in [1.54, 1.807) is 18.2 Å². The van der Waals surface area contributed by atoms with Crippen LogP contribution in [0.4, 0.5) is 0 Å². The number of carbonyl (C=O) groups excluding carboxylic acids is 2. The van der Waals surface area contributed by atoms with E-state index >= 15 is 0 Å². The third-order valence-corrected chi connectivity index (χ3v) is 2.68. The third kappa shape index (κ3) is 5.35. The standard InChI is InChI=1S/C14H17ClN2O4/c1-3-21-11-7-9(6-10(15)14(11)20-2)4-5-13(19)17-8-12(16)18/h4-7H,3,8H2,1-2H3,(H2,16,18)(H,17,19)/b5-4+. The summed E-state index contributed by atoms with van der Waals surface area (Å²) in [5.74, 6) is -0.111. The van der Waals surface area contributed by atoms with Gasteiger partial charge in [-0.2, -0.15) is 0 Å². The fraction of sp³-hybridized carbons (Fsp3) is 0.286. The molecule has 0 bridgehead atoms. The molecule has 0 aliphatic rings. The lowest BCUT2D eigenvalue weighted by molar-refractivity contribution is -0.122. The van der Waals surface area contributed by atoms with Gasteiger partial charge >= 0.3 is 0 Å². The molecule has 7 heteroatoms. The number of primary amides is 1. The van der Waals surface area contributed by atoms with Crippen LogP contribution in [0.5, 0.6) is 11.5 Å². The Morgan fingerprint density at radius 3 is 2.71 bits per heavy atom. The first-order chi connectivity index (χ1) is 9.97. The van der Waals surface area contributed by atoms with Gasteiger partial charge in [0.25, 0.3) is 0 Å². The number of amides is 2. The van der Waals surface area contributed by atoms with Crippen LogP contribution in [-0.4, -0.2) is 32.1 Å². The van der Waals surface area contributed by atoms with E-state index in [2.05, 4.69) is 5.32 Å². The second-order valence-electron chi connectivity index (χ2n) is 3.98. The topological polar surface area (TPSA) is 90.6 Å². The third-order valence-electron chi connectivity index (χ3n) is 2.40. The Balaban J connectivity index is 2.88. The molecule has 1 aromatic carbocycles. The number of ether oxygens (including phenoxy) is 2. The average molecular weight is 313 g/mol. The van der Waals surface area contributed by atoms with E-state index in [1.807, 2.05) is 6.92 Å². The highest BCUT2D eigenvalue weighted by molar-refractivity contribution is 6.32. The van der Waals surface area contributed by atoms with Gasteiger partial charge in [-0.05, 0) is 30.7 Å². The van der Waals surface area contributed by atoms with Gasteiger partial charge in [-0.1, -0.05) is 11.6 Å². The van der Waals surface area contributed by atoms with Gasteiger partial charge in [0.05, 0.1) is 25.3 Å². The first kappa shape index (κ1) is 16.8. The Bertz CT molecular complexity index is 558. The van der Waals surface area contributed by atoms with Crippen LogP contribution in [0.3, 0.4) is 0 Å². The zero-order valence-electron chi connectivity index (χ0n) is 11.8. The predicted molar refractivity (Wildman–Crippen MR) is 80.4 cm³/mol. The van der Waals surface area contributed by atoms with E-state index in [-0.39, 0.29) is 6.54 Å². The molecule has 1 aromatic rings. The quantitative estimate of drug-likeness (QED) is 0.744. The summed E-state index contributed by atoms with van der Waals surface area (Å²) in [6, 6.07) is 3.34. The smallest absolute Gasteiger partial charge is 0.244 e. The molecular formula is C14H17ClN2O4. The second kappa shape index (κ2) is 8.16. The van der Waals surface area contributed by atoms with Gasteiger partial charge < -0.3 is 20.5 Å². The summed E-state index contributed by atoms with van der Waals surface area (Å²) in [7, 11) is 1.50. The van der Waals surface area contributed by atoms with Crippen molar-refractivity contribution in [2.24, 2.45) is 5.73 Å². The van der Waals surface area contributed by atoms with Crippen LogP contribution < -0.4 is 20.5 Å². The molecule has 3 N–H and O–H groups in total. The molecule has 0 saturated heterocycles. The van der Waals surface area contributed by atoms with E-state index in [0.29, 0.717) is 28.7 Å². The monoisotopic (exact) mass is 312 g/mol. The molecule has 0 aliphatic carbocycles. The van der Waals surface area contributed by atoms with Gasteiger partial charge in [-0.15, -0.1) is 0 Å². The van der Waals surface area contributed by atoms with Crippen LogP contribution in [0.1, 0.15) is 12.5 Å². The Labute approximate surface area is 127 Å². The van der Waals surface area contributed by atoms with Crippen LogP contribution in [0.25, 0.3) is 6.08 Å². The van der Waals surface area contributed by atoms with Crippen molar-refractivity contribution < 1.29 is 19.1 Å². The molecule has 6 nitrogen and oxygen atoms in total. The number of nitrogens with one attached hydrogen (secondary N) is 1. The summed E-state index contributed by atoms with van der Waals surface area (Å²) in [4.78, 5) is 22.0. The summed E-state index contributed by atoms with van der Waals surface area (Å²) < 4.78 is 10.6. The van der Waals surface area contributed by atoms with Gasteiger partial charge in [-0.25, -0.2) is 0 Å². The maximum absolute atomic E-state index is 11.4. The van der Waals surface area contributed by atoms with Gasteiger partial charge in [0.1, 0.15) is 0 Å². The molecular weight excluding hydrogens is 296 g/mol. The molecule has 0 heterocycles. The molecule has 0 atom stereocenters. The summed E-state index contributed by atoms with van der Waals surface area (Å²) in [5.41, 5.74) is 5.59. The molecule has 0 radical (unpaired) electrons. The highest BCUT2D eigenvalue weighted by Crippen LogP contribution is 2.36. The van der Waals surface area contributed by atoms with Gasteiger partial charge in [0.15, 0.2) is 11.5 Å². The highest BCUT2D eigenvalue weighted by atomic mass is 35.5. The first-order valence-electron chi connectivity index (χ1n) is 6.22. The van der Waals surface area contributed by atoms with Crippen LogP contribution in [0.2, 0.25) is 5.02 Å². The molecule has 1 rings (SSSR count). The van der Waals surface area contributed by atoms with Crippen LogP contribution in [-0.2, 0) is 9.59 Å².